The molecule has 0 unspecified atom stereocenters. The van der Waals surface area contributed by atoms with Crippen molar-refractivity contribution in [2.24, 2.45) is 0 Å². The molecule has 0 aliphatic heterocycles. The smallest absolute Gasteiger partial charge is 0.333 e. The van der Waals surface area contributed by atoms with Gasteiger partial charge in [0.2, 0.25) is 0 Å². The molecule has 0 radical (unpaired) electrons. The van der Waals surface area contributed by atoms with E-state index >= 15 is 0 Å². The molecule has 0 N–H and O–H groups in total. The fourth-order valence-corrected chi connectivity index (χ4v) is 2.44. The summed E-state index contributed by atoms with van der Waals surface area (Å²) < 4.78 is 5.00. The molecule has 26 heavy (non-hydrogen) atoms. The van der Waals surface area contributed by atoms with E-state index in [-0.39, 0.29) is 5.97 Å². The Balaban J connectivity index is 3.84. The van der Waals surface area contributed by atoms with Gasteiger partial charge in [-0.15, -0.1) is 0 Å². The molecule has 0 fully saturated rings. The number of carbonyl (C=O) groups excluding carboxylic acids is 1. The summed E-state index contributed by atoms with van der Waals surface area (Å²) in [5, 5.41) is 0. The lowest BCUT2D eigenvalue weighted by atomic mass is 10.1. The molecule has 0 aliphatic carbocycles. The van der Waals surface area contributed by atoms with Gasteiger partial charge in [0.1, 0.15) is 0 Å². The summed E-state index contributed by atoms with van der Waals surface area (Å²) in [5.74, 6) is -0.227. The van der Waals surface area contributed by atoms with Gasteiger partial charge in [0.15, 0.2) is 0 Å². The summed E-state index contributed by atoms with van der Waals surface area (Å²) in [4.78, 5) is 11.6. The largest absolute Gasteiger partial charge is 0.463 e. The van der Waals surface area contributed by atoms with Gasteiger partial charge in [-0.1, -0.05) is 107 Å². The lowest BCUT2D eigenvalue weighted by molar-refractivity contribution is -0.138. The predicted molar refractivity (Wildman–Crippen MR) is 114 cm³/mol. The van der Waals surface area contributed by atoms with E-state index in [1.165, 1.54) is 51.4 Å². The van der Waals surface area contributed by atoms with Gasteiger partial charge in [-0.2, -0.15) is 0 Å². The normalized spacial score (nSPS) is 13.0. The molecule has 0 rings (SSSR count). The topological polar surface area (TPSA) is 26.3 Å². The zero-order chi connectivity index (χ0) is 19.3. The molecular weight excluding hydrogens is 320 g/mol. The van der Waals surface area contributed by atoms with Crippen molar-refractivity contribution >= 4 is 5.97 Å². The van der Waals surface area contributed by atoms with E-state index in [9.17, 15) is 4.79 Å². The van der Waals surface area contributed by atoms with Crippen molar-refractivity contribution in [3.05, 3.63) is 60.3 Å². The number of allylic oxidation sites excluding steroid dienone is 9. The van der Waals surface area contributed by atoms with Gasteiger partial charge in [0, 0.05) is 5.57 Å². The molecule has 0 amide bonds. The second kappa shape index (κ2) is 19.5. The molecule has 0 aromatic heterocycles. The van der Waals surface area contributed by atoms with Crippen molar-refractivity contribution in [2.75, 3.05) is 6.61 Å². The number of ether oxygens (including phenoxy) is 1. The number of hydrogen-bond acceptors (Lipinski definition) is 2. The number of hydrogen-bond donors (Lipinski definition) is 0. The molecule has 0 saturated heterocycles. The van der Waals surface area contributed by atoms with Crippen LogP contribution >= 0.6 is 0 Å². The molecule has 2 nitrogen and oxygen atoms in total. The van der Waals surface area contributed by atoms with E-state index in [4.69, 9.17) is 4.74 Å². The van der Waals surface area contributed by atoms with Crippen LogP contribution in [-0.2, 0) is 9.53 Å². The molecule has 0 saturated carbocycles. The second-order valence-electron chi connectivity index (χ2n) is 6.26. The lowest BCUT2D eigenvalue weighted by Crippen LogP contribution is -2.06. The van der Waals surface area contributed by atoms with Crippen molar-refractivity contribution in [1.82, 2.24) is 0 Å². The van der Waals surface area contributed by atoms with Crippen molar-refractivity contribution in [1.29, 1.82) is 0 Å². The minimum atomic E-state index is -0.227. The third kappa shape index (κ3) is 15.7. The zero-order valence-corrected chi connectivity index (χ0v) is 17.1. The lowest BCUT2D eigenvalue weighted by Gasteiger charge is -2.02. The summed E-state index contributed by atoms with van der Waals surface area (Å²) in [7, 11) is 0. The molecule has 0 aromatic rings. The van der Waals surface area contributed by atoms with Crippen LogP contribution in [0.4, 0.5) is 0 Å². The highest BCUT2D eigenvalue weighted by Crippen LogP contribution is 2.08. The number of esters is 1. The minimum absolute atomic E-state index is 0.227. The maximum atomic E-state index is 11.6. The van der Waals surface area contributed by atoms with Crippen LogP contribution in [0.2, 0.25) is 0 Å². The highest BCUT2D eigenvalue weighted by molar-refractivity contribution is 5.88. The standard InChI is InChI=1S/C24H38O2/c1-4-7-8-9-10-11-12-13-14-15-16-17-18-19-20-21-22-23(5-2)24(25)26-6-3/h14-22H,4-13H2,1-3H3. The monoisotopic (exact) mass is 358 g/mol. The first kappa shape index (κ1) is 24.2. The van der Waals surface area contributed by atoms with E-state index in [0.717, 1.165) is 0 Å². The summed E-state index contributed by atoms with van der Waals surface area (Å²) in [6.07, 6.45) is 29.3. The summed E-state index contributed by atoms with van der Waals surface area (Å²) in [6.45, 7) is 6.44. The summed E-state index contributed by atoms with van der Waals surface area (Å²) >= 11 is 0. The Morgan fingerprint density at radius 1 is 0.731 bits per heavy atom. The van der Waals surface area contributed by atoms with Gasteiger partial charge < -0.3 is 4.74 Å². The van der Waals surface area contributed by atoms with Crippen LogP contribution in [0.1, 0.15) is 78.6 Å². The summed E-state index contributed by atoms with van der Waals surface area (Å²) in [6, 6.07) is 0. The quantitative estimate of drug-likeness (QED) is 0.133. The van der Waals surface area contributed by atoms with Gasteiger partial charge in [-0.25, -0.2) is 4.79 Å². The van der Waals surface area contributed by atoms with Crippen molar-refractivity contribution in [3.8, 4) is 0 Å². The van der Waals surface area contributed by atoms with E-state index in [1.54, 1.807) is 0 Å². The van der Waals surface area contributed by atoms with Crippen molar-refractivity contribution < 1.29 is 9.53 Å². The third-order valence-corrected chi connectivity index (χ3v) is 3.99. The molecule has 2 heteroatoms. The molecule has 0 bridgehead atoms. The second-order valence-corrected chi connectivity index (χ2v) is 6.26. The zero-order valence-electron chi connectivity index (χ0n) is 17.1. The van der Waals surface area contributed by atoms with E-state index < -0.39 is 0 Å². The van der Waals surface area contributed by atoms with Crippen LogP contribution in [0.15, 0.2) is 60.3 Å². The maximum absolute atomic E-state index is 11.6. The molecule has 0 aromatic carbocycles. The van der Waals surface area contributed by atoms with Crippen molar-refractivity contribution in [2.45, 2.75) is 78.6 Å². The Labute approximate surface area is 161 Å². The molecule has 0 spiro atoms. The number of unbranched alkanes of at least 4 members (excludes halogenated alkanes) is 7. The van der Waals surface area contributed by atoms with Crippen LogP contribution in [-0.4, -0.2) is 12.6 Å². The fourth-order valence-electron chi connectivity index (χ4n) is 2.44. The van der Waals surface area contributed by atoms with E-state index in [0.29, 0.717) is 18.6 Å². The maximum Gasteiger partial charge on any atom is 0.333 e. The molecule has 146 valence electrons. The van der Waals surface area contributed by atoms with E-state index in [2.05, 4.69) is 25.2 Å². The SMILES string of the molecule is CCCCCCCCCC=CC=CC=CC=CC=C(CC)C(=O)OCC. The first-order valence-electron chi connectivity index (χ1n) is 10.3. The van der Waals surface area contributed by atoms with Crippen LogP contribution in [0, 0.1) is 0 Å². The van der Waals surface area contributed by atoms with Gasteiger partial charge in [0.05, 0.1) is 6.61 Å². The first-order valence-corrected chi connectivity index (χ1v) is 10.3. The Bertz CT molecular complexity index is 478. The molecule has 0 aliphatic rings. The third-order valence-electron chi connectivity index (χ3n) is 3.99. The highest BCUT2D eigenvalue weighted by Gasteiger charge is 2.05. The predicted octanol–water partition coefficient (Wildman–Crippen LogP) is 7.25. The van der Waals surface area contributed by atoms with Gasteiger partial charge in [0.25, 0.3) is 0 Å². The minimum Gasteiger partial charge on any atom is -0.463 e. The number of rotatable bonds is 15. The van der Waals surface area contributed by atoms with Crippen LogP contribution in [0.3, 0.4) is 0 Å². The van der Waals surface area contributed by atoms with Crippen LogP contribution in [0.5, 0.6) is 0 Å². The van der Waals surface area contributed by atoms with Gasteiger partial charge in [-0.05, 0) is 26.2 Å². The molecule has 0 heterocycles. The first-order chi connectivity index (χ1) is 12.8. The number of carbonyl (C=O) groups is 1. The Morgan fingerprint density at radius 3 is 1.92 bits per heavy atom. The molecular formula is C24H38O2. The van der Waals surface area contributed by atoms with E-state index in [1.807, 2.05) is 50.3 Å². The van der Waals surface area contributed by atoms with Gasteiger partial charge in [-0.3, -0.25) is 0 Å². The fraction of sp³-hybridized carbons (Fsp3) is 0.542. The van der Waals surface area contributed by atoms with Crippen molar-refractivity contribution in [3.63, 3.8) is 0 Å². The Hall–Kier alpha value is -1.83. The van der Waals surface area contributed by atoms with Crippen LogP contribution < -0.4 is 0 Å². The van der Waals surface area contributed by atoms with Crippen LogP contribution in [0.25, 0.3) is 0 Å². The molecule has 0 atom stereocenters. The average Bonchev–Trinajstić information content (AvgIpc) is 2.64. The average molecular weight is 359 g/mol. The Kier molecular flexibility index (Phi) is 18.1. The van der Waals surface area contributed by atoms with Gasteiger partial charge >= 0.3 is 5.97 Å². The summed E-state index contributed by atoms with van der Waals surface area (Å²) in [5.41, 5.74) is 0.695. The Morgan fingerprint density at radius 2 is 1.31 bits per heavy atom. The highest BCUT2D eigenvalue weighted by atomic mass is 16.5.